The van der Waals surface area contributed by atoms with Crippen LogP contribution in [-0.2, 0) is 25.8 Å². The minimum atomic E-state index is 0. The van der Waals surface area contributed by atoms with E-state index in [-0.39, 0.29) is 52.9 Å². The van der Waals surface area contributed by atoms with E-state index in [0.29, 0.717) is 5.92 Å². The van der Waals surface area contributed by atoms with Gasteiger partial charge >= 0.3 is 0 Å². The first-order valence-electron chi connectivity index (χ1n) is 11.1. The number of pyridine rings is 1. The number of aryl methyl sites for hydroxylation is 1. The summed E-state index contributed by atoms with van der Waals surface area (Å²) in [4.78, 5) is 4.44. The van der Waals surface area contributed by atoms with Crippen LogP contribution in [0.5, 0.6) is 5.75 Å². The molecule has 1 aliphatic carbocycles. The fraction of sp³-hybridized carbons (Fsp3) is 0.483. The summed E-state index contributed by atoms with van der Waals surface area (Å²) >= 11 is 0. The number of terminal acetylenes is 1. The normalized spacial score (nSPS) is 15.2. The fourth-order valence-electron chi connectivity index (χ4n) is 3.48. The van der Waals surface area contributed by atoms with Gasteiger partial charge in [-0.1, -0.05) is 64.9 Å². The second-order valence-electron chi connectivity index (χ2n) is 7.58. The summed E-state index contributed by atoms with van der Waals surface area (Å²) in [7, 11) is 3.35. The quantitative estimate of drug-likeness (QED) is 0.195. The minimum Gasteiger partial charge on any atom is -0.674 e. The Hall–Kier alpha value is -1.90. The predicted octanol–water partition coefficient (Wildman–Crippen LogP) is 7.09. The van der Waals surface area contributed by atoms with E-state index >= 15 is 0 Å². The van der Waals surface area contributed by atoms with Crippen LogP contribution in [0.25, 0.3) is 22.4 Å². The van der Waals surface area contributed by atoms with Crippen LogP contribution in [0, 0.1) is 40.5 Å². The van der Waals surface area contributed by atoms with Crippen molar-refractivity contribution in [2.75, 3.05) is 14.2 Å². The maximum absolute atomic E-state index is 7.48. The average Bonchev–Trinajstić information content (AvgIpc) is 2.80. The van der Waals surface area contributed by atoms with Gasteiger partial charge in [0.05, 0.1) is 19.7 Å². The van der Waals surface area contributed by atoms with Crippen molar-refractivity contribution in [3.05, 3.63) is 62.2 Å². The van der Waals surface area contributed by atoms with Gasteiger partial charge in [0, 0.05) is 38.2 Å². The van der Waals surface area contributed by atoms with Crippen LogP contribution in [0.3, 0.4) is 0 Å². The van der Waals surface area contributed by atoms with E-state index < -0.39 is 0 Å². The van der Waals surface area contributed by atoms with Crippen LogP contribution in [0.1, 0.15) is 70.9 Å². The molecular formula is C29H51N2O4Pt-3. The van der Waals surface area contributed by atoms with Crippen molar-refractivity contribution in [3.8, 4) is 18.6 Å². The minimum absolute atomic E-state index is 0. The van der Waals surface area contributed by atoms with Gasteiger partial charge in [-0.25, -0.2) is 0 Å². The molecule has 214 valence electrons. The molecule has 0 spiro atoms. The Morgan fingerprint density at radius 1 is 1.08 bits per heavy atom. The molecule has 1 aromatic heterocycles. The number of benzene rings is 1. The molecule has 0 radical (unpaired) electrons. The molecule has 6 nitrogen and oxygen atoms in total. The second-order valence-corrected chi connectivity index (χ2v) is 7.58. The molecule has 1 fully saturated rings. The van der Waals surface area contributed by atoms with Crippen molar-refractivity contribution < 1.29 is 41.5 Å². The molecule has 0 saturated heterocycles. The van der Waals surface area contributed by atoms with E-state index in [9.17, 15) is 0 Å². The summed E-state index contributed by atoms with van der Waals surface area (Å²) in [6, 6.07) is 6.19. The van der Waals surface area contributed by atoms with Crippen LogP contribution in [0.4, 0.5) is 0 Å². The first-order chi connectivity index (χ1) is 14.9. The van der Waals surface area contributed by atoms with Gasteiger partial charge in [-0.3, -0.25) is 4.98 Å². The number of ether oxygens (including phenoxy) is 2. The summed E-state index contributed by atoms with van der Waals surface area (Å²) in [5, 5.41) is 1.02. The molecule has 7 heteroatoms. The number of methoxy groups -OCH3 is 2. The number of hydrogen-bond acceptors (Lipinski definition) is 3. The van der Waals surface area contributed by atoms with Crippen molar-refractivity contribution in [1.82, 2.24) is 4.98 Å². The Bertz CT molecular complexity index is 816. The van der Waals surface area contributed by atoms with Crippen molar-refractivity contribution in [1.29, 1.82) is 0 Å². The van der Waals surface area contributed by atoms with Gasteiger partial charge in [-0.05, 0) is 37.6 Å². The van der Waals surface area contributed by atoms with Crippen LogP contribution >= 0.6 is 0 Å². The zero-order valence-corrected chi connectivity index (χ0v) is 26.1. The predicted molar refractivity (Wildman–Crippen MR) is 155 cm³/mol. The number of nitrogens with one attached hydrogen (secondary N) is 1. The Morgan fingerprint density at radius 3 is 2.00 bits per heavy atom. The summed E-state index contributed by atoms with van der Waals surface area (Å²) < 4.78 is 10.7. The number of aromatic nitrogens is 1. The Labute approximate surface area is 236 Å². The standard InChI is InChI=1S/C15H17NO2.C7H14N.C3H8.C2H2.2CH3.2H2O.Pt/c1-5-13(17-3)11-6-7-12-14(18-4)8-9-16-15(12)10(11)2;1-6-4-2-3-5-7(6)8;1-3-2;1-2;;;;;/h5-9H,1-4H3;6-8H,2-5H2,1H3;3H2,1-2H3;1-2H;2*1H3;2*1H2;/q;-1;;;2*-1;;;/b13-5+;;;;;;;;/t;6-,7-;;;;;;;/m.0......./s1. The number of allylic oxidation sites excluding steroid dienone is 1. The average molecular weight is 687 g/mol. The topological polar surface area (TPSA) is 118 Å². The van der Waals surface area contributed by atoms with Crippen molar-refractivity contribution in [2.45, 2.75) is 72.8 Å². The second kappa shape index (κ2) is 27.7. The van der Waals surface area contributed by atoms with Crippen LogP contribution in [0.15, 0.2) is 30.5 Å². The van der Waals surface area contributed by atoms with Gasteiger partial charge in [-0.15, -0.1) is 18.9 Å². The molecule has 0 unspecified atom stereocenters. The van der Waals surface area contributed by atoms with Crippen molar-refractivity contribution in [2.24, 2.45) is 5.92 Å². The molecule has 36 heavy (non-hydrogen) atoms. The van der Waals surface area contributed by atoms with E-state index in [4.69, 9.17) is 15.2 Å². The molecule has 5 N–H and O–H groups in total. The third-order valence-electron chi connectivity index (χ3n) is 5.20. The van der Waals surface area contributed by atoms with Crippen LogP contribution in [-0.4, -0.2) is 36.2 Å². The maximum Gasteiger partial charge on any atom is 0.129 e. The van der Waals surface area contributed by atoms with E-state index in [0.717, 1.165) is 40.0 Å². The van der Waals surface area contributed by atoms with Gasteiger partial charge in [0.25, 0.3) is 0 Å². The Morgan fingerprint density at radius 2 is 1.61 bits per heavy atom. The van der Waals surface area contributed by atoms with E-state index in [1.54, 1.807) is 20.4 Å². The Kier molecular flexibility index (Phi) is 36.4. The van der Waals surface area contributed by atoms with Crippen molar-refractivity contribution in [3.63, 3.8) is 0 Å². The molecule has 1 aliphatic rings. The summed E-state index contributed by atoms with van der Waals surface area (Å²) in [5.41, 5.74) is 10.6. The van der Waals surface area contributed by atoms with Gasteiger partial charge in [0.15, 0.2) is 0 Å². The molecule has 2 aromatic rings. The van der Waals surface area contributed by atoms with Crippen molar-refractivity contribution >= 4 is 16.7 Å². The third kappa shape index (κ3) is 14.6. The molecule has 2 atom stereocenters. The number of fused-ring (bicyclic) bond motifs is 1. The number of nitrogens with zero attached hydrogens (tertiary/aromatic N) is 1. The monoisotopic (exact) mass is 686 g/mol. The summed E-state index contributed by atoms with van der Waals surface area (Å²) in [6.07, 6.45) is 18.0. The summed E-state index contributed by atoms with van der Waals surface area (Å²) in [5.74, 6) is 2.37. The number of hydrogen-bond donors (Lipinski definition) is 0. The third-order valence-corrected chi connectivity index (χ3v) is 5.20. The van der Waals surface area contributed by atoms with E-state index in [2.05, 4.69) is 38.6 Å². The van der Waals surface area contributed by atoms with Crippen LogP contribution in [0.2, 0.25) is 0 Å². The molecule has 0 amide bonds. The Balaban J connectivity index is -0.000000107. The first kappa shape index (κ1) is 47.3. The largest absolute Gasteiger partial charge is 0.674 e. The van der Waals surface area contributed by atoms with Gasteiger partial charge in [0.2, 0.25) is 0 Å². The molecular weight excluding hydrogens is 635 g/mol. The van der Waals surface area contributed by atoms with E-state index in [1.807, 2.05) is 38.1 Å². The molecule has 1 saturated carbocycles. The van der Waals surface area contributed by atoms with E-state index in [1.165, 1.54) is 25.7 Å². The zero-order chi connectivity index (χ0) is 23.8. The summed E-state index contributed by atoms with van der Waals surface area (Å²) in [6.45, 7) is 10.4. The van der Waals surface area contributed by atoms with Crippen LogP contribution < -0.4 is 4.74 Å². The smallest absolute Gasteiger partial charge is 0.129 e. The van der Waals surface area contributed by atoms with Gasteiger partial charge in [0.1, 0.15) is 11.5 Å². The molecule has 1 aromatic carbocycles. The molecule has 0 bridgehead atoms. The molecule has 3 rings (SSSR count). The molecule has 1 heterocycles. The molecule has 0 aliphatic heterocycles. The first-order valence-corrected chi connectivity index (χ1v) is 11.1. The van der Waals surface area contributed by atoms with Gasteiger partial charge in [-0.2, -0.15) is 0 Å². The fourth-order valence-corrected chi connectivity index (χ4v) is 3.48. The zero-order valence-electron chi connectivity index (χ0n) is 23.8. The SMILES string of the molecule is C#C.C/C=C(/OC)c1ccc2c(OC)ccnc2c1C.CCC.C[C@H]1CCCC[C@@H]1[NH-].O.O.[CH3-].[CH3-].[Pt]. The van der Waals surface area contributed by atoms with Gasteiger partial charge < -0.3 is 41.0 Å². The maximum atomic E-state index is 7.48. The number of rotatable bonds is 3.